The van der Waals surface area contributed by atoms with Gasteiger partial charge in [0.05, 0.1) is 18.6 Å². The van der Waals surface area contributed by atoms with Crippen LogP contribution in [0.1, 0.15) is 13.8 Å². The van der Waals surface area contributed by atoms with Gasteiger partial charge < -0.3 is 14.5 Å². The predicted molar refractivity (Wildman–Crippen MR) is 127 cm³/mol. The summed E-state index contributed by atoms with van der Waals surface area (Å²) in [6.45, 7) is 3.92. The van der Waals surface area contributed by atoms with E-state index in [1.165, 1.54) is 0 Å². The minimum absolute atomic E-state index is 0.381. The lowest BCUT2D eigenvalue weighted by atomic mass is 10.1. The van der Waals surface area contributed by atoms with E-state index in [0.717, 1.165) is 26.9 Å². The van der Waals surface area contributed by atoms with Crippen LogP contribution in [0.2, 0.25) is 0 Å². The van der Waals surface area contributed by atoms with Crippen molar-refractivity contribution in [2.24, 2.45) is 0 Å². The summed E-state index contributed by atoms with van der Waals surface area (Å²) >= 11 is 0. The molecule has 0 aliphatic carbocycles. The van der Waals surface area contributed by atoms with Crippen molar-refractivity contribution in [3.05, 3.63) is 66.7 Å². The average molecular weight is 453 g/mol. The Morgan fingerprint density at radius 3 is 2.41 bits per heavy atom. The monoisotopic (exact) mass is 452 g/mol. The van der Waals surface area contributed by atoms with Crippen molar-refractivity contribution >= 4 is 49.2 Å². The van der Waals surface area contributed by atoms with Gasteiger partial charge in [-0.2, -0.15) is 0 Å². The molecule has 8 heteroatoms. The third-order valence-corrected chi connectivity index (χ3v) is 6.38. The number of nitrogens with one attached hydrogen (secondary N) is 1. The fourth-order valence-corrected chi connectivity index (χ4v) is 4.89. The molecule has 32 heavy (non-hydrogen) atoms. The number of amides is 1. The van der Waals surface area contributed by atoms with Crippen LogP contribution in [0.15, 0.2) is 71.1 Å². The molecular weight excluding hydrogens is 428 g/mol. The molecule has 0 radical (unpaired) electrons. The zero-order chi connectivity index (χ0) is 22.9. The Balaban J connectivity index is 1.59. The van der Waals surface area contributed by atoms with Gasteiger partial charge in [0.25, 0.3) is 0 Å². The molecule has 0 saturated heterocycles. The molecule has 1 unspecified atom stereocenters. The second-order valence-corrected chi connectivity index (χ2v) is 9.32. The average Bonchev–Trinajstić information content (AvgIpc) is 3.12. The number of fused-ring (bicyclic) bond motifs is 3. The van der Waals surface area contributed by atoms with Crippen molar-refractivity contribution in [3.8, 4) is 5.75 Å². The van der Waals surface area contributed by atoms with Gasteiger partial charge in [-0.3, -0.25) is 9.10 Å². The third kappa shape index (κ3) is 4.27. The van der Waals surface area contributed by atoms with E-state index in [2.05, 4.69) is 5.32 Å². The summed E-state index contributed by atoms with van der Waals surface area (Å²) < 4.78 is 37.4. The highest BCUT2D eigenvalue weighted by atomic mass is 32.2. The highest BCUT2D eigenvalue weighted by Gasteiger charge is 2.29. The third-order valence-electron chi connectivity index (χ3n) is 5.14. The lowest BCUT2D eigenvalue weighted by Crippen LogP contribution is -2.45. The number of sulfonamides is 1. The van der Waals surface area contributed by atoms with Gasteiger partial charge in [-0.25, -0.2) is 8.42 Å². The highest BCUT2D eigenvalue weighted by Crippen LogP contribution is 2.31. The number of carbonyl (C=O) groups is 1. The van der Waals surface area contributed by atoms with Crippen molar-refractivity contribution in [2.45, 2.75) is 19.9 Å². The molecule has 3 aromatic carbocycles. The zero-order valence-corrected chi connectivity index (χ0v) is 18.8. The van der Waals surface area contributed by atoms with Crippen molar-refractivity contribution < 1.29 is 22.4 Å². The van der Waals surface area contributed by atoms with Gasteiger partial charge in [-0.15, -0.1) is 0 Å². The van der Waals surface area contributed by atoms with Gasteiger partial charge in [0.1, 0.15) is 23.0 Å². The zero-order valence-electron chi connectivity index (χ0n) is 18.0. The SMILES string of the molecule is CCOc1ccc(N(C(C)C(=O)Nc2ccc3c(c2)oc2ccccc23)S(C)(=O)=O)cc1. The Bertz CT molecular complexity index is 1380. The summed E-state index contributed by atoms with van der Waals surface area (Å²) in [5.41, 5.74) is 2.31. The number of nitrogens with zero attached hydrogens (tertiary/aromatic N) is 1. The van der Waals surface area contributed by atoms with Crippen LogP contribution in [0.5, 0.6) is 5.75 Å². The fourth-order valence-electron chi connectivity index (χ4n) is 3.72. The molecule has 1 aromatic heterocycles. The summed E-state index contributed by atoms with van der Waals surface area (Å²) in [5.74, 6) is 0.167. The Labute approximate surface area is 186 Å². The van der Waals surface area contributed by atoms with Gasteiger partial charge in [0, 0.05) is 22.5 Å². The maximum atomic E-state index is 13.0. The van der Waals surface area contributed by atoms with Crippen LogP contribution in [0.3, 0.4) is 0 Å². The van der Waals surface area contributed by atoms with Crippen molar-refractivity contribution in [2.75, 3.05) is 22.5 Å². The van der Waals surface area contributed by atoms with Crippen LogP contribution in [0.25, 0.3) is 21.9 Å². The normalized spacial score (nSPS) is 12.6. The van der Waals surface area contributed by atoms with Crippen LogP contribution in [0, 0.1) is 0 Å². The molecule has 0 spiro atoms. The number of ether oxygens (including phenoxy) is 1. The van der Waals surface area contributed by atoms with E-state index < -0.39 is 22.0 Å². The number of benzene rings is 3. The molecule has 7 nitrogen and oxygen atoms in total. The first kappa shape index (κ1) is 21.7. The van der Waals surface area contributed by atoms with Gasteiger partial charge >= 0.3 is 0 Å². The molecular formula is C24H24N2O5S. The number of carbonyl (C=O) groups excluding carboxylic acids is 1. The standard InChI is InChI=1S/C24H24N2O5S/c1-4-30-19-12-10-18(11-13-19)26(32(3,28)29)16(2)24(27)25-17-9-14-21-20-7-5-6-8-22(20)31-23(21)15-17/h5-16H,4H2,1-3H3,(H,25,27). The van der Waals surface area contributed by atoms with Gasteiger partial charge in [0.2, 0.25) is 15.9 Å². The molecule has 1 N–H and O–H groups in total. The first-order valence-electron chi connectivity index (χ1n) is 10.2. The van der Waals surface area contributed by atoms with E-state index in [1.54, 1.807) is 43.3 Å². The molecule has 1 amide bonds. The maximum Gasteiger partial charge on any atom is 0.247 e. The largest absolute Gasteiger partial charge is 0.494 e. The quantitative estimate of drug-likeness (QED) is 0.436. The number of hydrogen-bond donors (Lipinski definition) is 1. The highest BCUT2D eigenvalue weighted by molar-refractivity contribution is 7.92. The fraction of sp³-hybridized carbons (Fsp3) is 0.208. The van der Waals surface area contributed by atoms with Crippen LogP contribution in [-0.2, 0) is 14.8 Å². The van der Waals surface area contributed by atoms with E-state index in [1.807, 2.05) is 37.3 Å². The summed E-state index contributed by atoms with van der Waals surface area (Å²) in [7, 11) is -3.72. The molecule has 0 saturated carbocycles. The van der Waals surface area contributed by atoms with Crippen LogP contribution < -0.4 is 14.4 Å². The van der Waals surface area contributed by atoms with Gasteiger partial charge in [-0.1, -0.05) is 18.2 Å². The number of furan rings is 1. The molecule has 0 bridgehead atoms. The second kappa shape index (κ2) is 8.55. The summed E-state index contributed by atoms with van der Waals surface area (Å²) in [6.07, 6.45) is 1.08. The molecule has 0 aliphatic rings. The number of anilines is 2. The lowest BCUT2D eigenvalue weighted by molar-refractivity contribution is -0.116. The number of para-hydroxylation sites is 1. The summed E-state index contributed by atoms with van der Waals surface area (Å²) in [5, 5.41) is 4.74. The van der Waals surface area contributed by atoms with Crippen molar-refractivity contribution in [1.29, 1.82) is 0 Å². The maximum absolute atomic E-state index is 13.0. The molecule has 4 aromatic rings. The van der Waals surface area contributed by atoms with Crippen LogP contribution >= 0.6 is 0 Å². The van der Waals surface area contributed by atoms with Crippen LogP contribution in [0.4, 0.5) is 11.4 Å². The smallest absolute Gasteiger partial charge is 0.247 e. The van der Waals surface area contributed by atoms with E-state index in [4.69, 9.17) is 9.15 Å². The Morgan fingerprint density at radius 1 is 1.03 bits per heavy atom. The van der Waals surface area contributed by atoms with Crippen LogP contribution in [-0.4, -0.2) is 33.2 Å². The van der Waals surface area contributed by atoms with Gasteiger partial charge in [0.15, 0.2) is 0 Å². The molecule has 0 fully saturated rings. The van der Waals surface area contributed by atoms with Gasteiger partial charge in [-0.05, 0) is 56.3 Å². The predicted octanol–water partition coefficient (Wildman–Crippen LogP) is 4.78. The lowest BCUT2D eigenvalue weighted by Gasteiger charge is -2.28. The van der Waals surface area contributed by atoms with E-state index in [-0.39, 0.29) is 0 Å². The minimum Gasteiger partial charge on any atom is -0.494 e. The van der Waals surface area contributed by atoms with Crippen molar-refractivity contribution in [3.63, 3.8) is 0 Å². The number of rotatable bonds is 7. The molecule has 0 aliphatic heterocycles. The molecule has 4 rings (SSSR count). The minimum atomic E-state index is -3.72. The summed E-state index contributed by atoms with van der Waals surface area (Å²) in [4.78, 5) is 13.0. The first-order valence-corrected chi connectivity index (χ1v) is 12.1. The second-order valence-electron chi connectivity index (χ2n) is 7.46. The summed E-state index contributed by atoms with van der Waals surface area (Å²) in [6, 6.07) is 18.7. The topological polar surface area (TPSA) is 88.8 Å². The Hall–Kier alpha value is -3.52. The molecule has 1 heterocycles. The van der Waals surface area contributed by atoms with Crippen molar-refractivity contribution in [1.82, 2.24) is 0 Å². The van der Waals surface area contributed by atoms with E-state index >= 15 is 0 Å². The van der Waals surface area contributed by atoms with E-state index in [0.29, 0.717) is 29.3 Å². The number of hydrogen-bond acceptors (Lipinski definition) is 5. The first-order chi connectivity index (χ1) is 15.3. The Morgan fingerprint density at radius 2 is 1.72 bits per heavy atom. The Kier molecular flexibility index (Phi) is 5.80. The molecule has 1 atom stereocenters. The van der Waals surface area contributed by atoms with E-state index in [9.17, 15) is 13.2 Å². The molecule has 166 valence electrons.